The maximum Gasteiger partial charge on any atom is 0.425 e. The smallest absolute Gasteiger partial charge is 0.425 e. The van der Waals surface area contributed by atoms with E-state index in [1.54, 1.807) is 0 Å². The summed E-state index contributed by atoms with van der Waals surface area (Å²) in [5.74, 6) is -2.34. The third-order valence-electron chi connectivity index (χ3n) is 0.971. The van der Waals surface area contributed by atoms with Crippen LogP contribution in [0.4, 0.5) is 13.2 Å². The van der Waals surface area contributed by atoms with Crippen molar-refractivity contribution in [2.45, 2.75) is 6.18 Å². The first-order valence-corrected chi connectivity index (χ1v) is 2.69. The largest absolute Gasteiger partial charge is 0.478 e. The minimum absolute atomic E-state index is 0.857. The first-order chi connectivity index (χ1) is 5.84. The highest BCUT2D eigenvalue weighted by Gasteiger charge is 2.42. The van der Waals surface area contributed by atoms with Gasteiger partial charge in [0.25, 0.3) is 0 Å². The second kappa shape index (κ2) is 3.59. The maximum absolute atomic E-state index is 11.9. The van der Waals surface area contributed by atoms with Crippen LogP contribution >= 0.6 is 0 Å². The molecule has 4 nitrogen and oxygen atoms in total. The zero-order chi connectivity index (χ0) is 10.6. The lowest BCUT2D eigenvalue weighted by Gasteiger charge is -2.05. The van der Waals surface area contributed by atoms with Gasteiger partial charge in [0.1, 0.15) is 17.7 Å². The number of nitriles is 2. The van der Waals surface area contributed by atoms with Crippen molar-refractivity contribution in [3.63, 3.8) is 0 Å². The zero-order valence-electron chi connectivity index (χ0n) is 5.88. The molecular weight excluding hydrogens is 189 g/mol. The van der Waals surface area contributed by atoms with E-state index in [2.05, 4.69) is 0 Å². The Balaban J connectivity index is 5.58. The molecule has 0 spiro atoms. The number of aliphatic carboxylic acids is 1. The highest BCUT2D eigenvalue weighted by Crippen LogP contribution is 2.27. The van der Waals surface area contributed by atoms with Crippen molar-refractivity contribution in [2.24, 2.45) is 0 Å². The van der Waals surface area contributed by atoms with Gasteiger partial charge in [-0.15, -0.1) is 0 Å². The third kappa shape index (κ3) is 2.49. The van der Waals surface area contributed by atoms with E-state index in [1.807, 2.05) is 0 Å². The normalized spacial score (nSPS) is 9.62. The van der Waals surface area contributed by atoms with E-state index in [0.29, 0.717) is 0 Å². The van der Waals surface area contributed by atoms with Crippen LogP contribution in [0.5, 0.6) is 0 Å². The average Bonchev–Trinajstić information content (AvgIpc) is 1.96. The molecule has 0 amide bonds. The average molecular weight is 190 g/mol. The molecule has 0 aliphatic rings. The summed E-state index contributed by atoms with van der Waals surface area (Å²) in [6.45, 7) is 0. The van der Waals surface area contributed by atoms with Crippen molar-refractivity contribution in [3.8, 4) is 12.1 Å². The number of hydrogen-bond donors (Lipinski definition) is 1. The fourth-order valence-electron chi connectivity index (χ4n) is 0.507. The molecule has 0 aliphatic carbocycles. The molecule has 0 aliphatic heterocycles. The van der Waals surface area contributed by atoms with Crippen molar-refractivity contribution in [3.05, 3.63) is 11.1 Å². The van der Waals surface area contributed by atoms with Gasteiger partial charge in [-0.3, -0.25) is 0 Å². The van der Waals surface area contributed by atoms with Gasteiger partial charge in [-0.2, -0.15) is 23.7 Å². The van der Waals surface area contributed by atoms with Crippen LogP contribution in [0, 0.1) is 22.7 Å². The molecule has 0 atom stereocenters. The van der Waals surface area contributed by atoms with Crippen molar-refractivity contribution in [1.29, 1.82) is 10.5 Å². The van der Waals surface area contributed by atoms with Gasteiger partial charge in [-0.05, 0) is 0 Å². The molecule has 0 bridgehead atoms. The summed E-state index contributed by atoms with van der Waals surface area (Å²) in [4.78, 5) is 10.0. The number of halogens is 3. The third-order valence-corrected chi connectivity index (χ3v) is 0.971. The number of hydrogen-bond acceptors (Lipinski definition) is 3. The molecule has 0 saturated carbocycles. The lowest BCUT2D eigenvalue weighted by atomic mass is 10.1. The molecule has 7 heteroatoms. The van der Waals surface area contributed by atoms with Gasteiger partial charge in [-0.25, -0.2) is 4.79 Å². The van der Waals surface area contributed by atoms with E-state index >= 15 is 0 Å². The molecule has 68 valence electrons. The quantitative estimate of drug-likeness (QED) is 0.493. The fourth-order valence-corrected chi connectivity index (χ4v) is 0.507. The molecule has 13 heavy (non-hydrogen) atoms. The van der Waals surface area contributed by atoms with E-state index in [4.69, 9.17) is 15.6 Å². The van der Waals surface area contributed by atoms with Gasteiger partial charge in [-0.1, -0.05) is 0 Å². The van der Waals surface area contributed by atoms with Crippen LogP contribution in [0.3, 0.4) is 0 Å². The molecule has 0 heterocycles. The number of carbonyl (C=O) groups is 1. The Hall–Kier alpha value is -2.02. The molecule has 0 unspecified atom stereocenters. The Morgan fingerprint density at radius 3 is 1.69 bits per heavy atom. The van der Waals surface area contributed by atoms with E-state index in [-0.39, 0.29) is 0 Å². The summed E-state index contributed by atoms with van der Waals surface area (Å²) in [5.41, 5.74) is -3.60. The predicted molar refractivity (Wildman–Crippen MR) is 31.9 cm³/mol. The summed E-state index contributed by atoms with van der Waals surface area (Å²) in [7, 11) is 0. The molecule has 0 radical (unpaired) electrons. The molecule has 0 aromatic heterocycles. The molecule has 0 aromatic rings. The molecule has 0 rings (SSSR count). The van der Waals surface area contributed by atoms with Crippen LogP contribution in [0.2, 0.25) is 0 Å². The molecule has 1 N–H and O–H groups in total. The van der Waals surface area contributed by atoms with E-state index in [1.165, 1.54) is 0 Å². The fraction of sp³-hybridized carbons (Fsp3) is 0.167. The van der Waals surface area contributed by atoms with Crippen LogP contribution in [0.15, 0.2) is 11.1 Å². The summed E-state index contributed by atoms with van der Waals surface area (Å²) < 4.78 is 35.6. The van der Waals surface area contributed by atoms with Gasteiger partial charge in [0.05, 0.1) is 0 Å². The summed E-state index contributed by atoms with van der Waals surface area (Å²) in [5, 5.41) is 24.1. The number of allylic oxidation sites excluding steroid dienone is 1. The second-order valence-corrected chi connectivity index (χ2v) is 1.78. The Labute approximate surface area is 70.1 Å². The van der Waals surface area contributed by atoms with Crippen molar-refractivity contribution in [2.75, 3.05) is 0 Å². The van der Waals surface area contributed by atoms with E-state index < -0.39 is 23.3 Å². The first kappa shape index (κ1) is 11.0. The SMILES string of the molecule is N#CC(C#N)=C(C(=O)O)C(F)(F)F. The van der Waals surface area contributed by atoms with E-state index in [9.17, 15) is 18.0 Å². The Kier molecular flexibility index (Phi) is 3.03. The molecule has 0 saturated heterocycles. The summed E-state index contributed by atoms with van der Waals surface area (Å²) in [6, 6.07) is 1.71. The van der Waals surface area contributed by atoms with Gasteiger partial charge in [0.15, 0.2) is 5.57 Å². The minimum atomic E-state index is -5.20. The molecular formula is C6HF3N2O2. The maximum atomic E-state index is 11.9. The van der Waals surface area contributed by atoms with Crippen molar-refractivity contribution < 1.29 is 23.1 Å². The predicted octanol–water partition coefficient (Wildman–Crippen LogP) is 0.977. The first-order valence-electron chi connectivity index (χ1n) is 2.69. The topological polar surface area (TPSA) is 84.9 Å². The van der Waals surface area contributed by atoms with Crippen molar-refractivity contribution >= 4 is 5.97 Å². The Morgan fingerprint density at radius 2 is 1.62 bits per heavy atom. The summed E-state index contributed by atoms with van der Waals surface area (Å²) in [6.07, 6.45) is -5.20. The Bertz CT molecular complexity index is 326. The lowest BCUT2D eigenvalue weighted by molar-refractivity contribution is -0.144. The van der Waals surface area contributed by atoms with Gasteiger partial charge >= 0.3 is 12.1 Å². The van der Waals surface area contributed by atoms with Crippen LogP contribution in [-0.2, 0) is 4.79 Å². The number of nitrogens with zero attached hydrogens (tertiary/aromatic N) is 2. The van der Waals surface area contributed by atoms with Gasteiger partial charge in [0, 0.05) is 0 Å². The van der Waals surface area contributed by atoms with E-state index in [0.717, 1.165) is 12.1 Å². The Morgan fingerprint density at radius 1 is 1.23 bits per heavy atom. The monoisotopic (exact) mass is 190 g/mol. The number of carboxylic acid groups (broad SMARTS) is 1. The number of carboxylic acids is 1. The van der Waals surface area contributed by atoms with Gasteiger partial charge < -0.3 is 5.11 Å². The van der Waals surface area contributed by atoms with Crippen LogP contribution in [0.1, 0.15) is 0 Å². The zero-order valence-corrected chi connectivity index (χ0v) is 5.88. The summed E-state index contributed by atoms with van der Waals surface area (Å²) >= 11 is 0. The van der Waals surface area contributed by atoms with Crippen LogP contribution in [-0.4, -0.2) is 17.3 Å². The minimum Gasteiger partial charge on any atom is -0.478 e. The van der Waals surface area contributed by atoms with Crippen LogP contribution < -0.4 is 0 Å². The lowest BCUT2D eigenvalue weighted by Crippen LogP contribution is -2.21. The standard InChI is InChI=1S/C6HF3N2O2/c7-6(8,9)4(5(12)13)3(1-10)2-11/h(H,12,13). The van der Waals surface area contributed by atoms with Gasteiger partial charge in [0.2, 0.25) is 0 Å². The molecule has 0 aromatic carbocycles. The second-order valence-electron chi connectivity index (χ2n) is 1.78. The number of rotatable bonds is 1. The number of alkyl halides is 3. The highest BCUT2D eigenvalue weighted by molar-refractivity contribution is 5.91. The van der Waals surface area contributed by atoms with Crippen LogP contribution in [0.25, 0.3) is 0 Å². The van der Waals surface area contributed by atoms with Crippen molar-refractivity contribution in [1.82, 2.24) is 0 Å². The molecule has 0 fully saturated rings. The highest BCUT2D eigenvalue weighted by atomic mass is 19.4.